The van der Waals surface area contributed by atoms with Crippen molar-refractivity contribution in [1.82, 2.24) is 0 Å². The lowest BCUT2D eigenvalue weighted by Crippen LogP contribution is -2.25. The van der Waals surface area contributed by atoms with Gasteiger partial charge in [0.2, 0.25) is 5.91 Å². The summed E-state index contributed by atoms with van der Waals surface area (Å²) in [5.74, 6) is 1.06. The largest absolute Gasteiger partial charge is 0.493 e. The van der Waals surface area contributed by atoms with E-state index in [1.807, 2.05) is 18.2 Å². The number of ether oxygens (including phenoxy) is 2. The predicted octanol–water partition coefficient (Wildman–Crippen LogP) is 2.69. The molecule has 134 valence electrons. The number of halogens is 1. The highest BCUT2D eigenvalue weighted by molar-refractivity contribution is 14.0. The number of nitrogens with two attached hydrogens (primary N) is 1. The molecular formula is C17H21IN4O3. The summed E-state index contributed by atoms with van der Waals surface area (Å²) < 4.78 is 10.4. The van der Waals surface area contributed by atoms with Gasteiger partial charge < -0.3 is 25.8 Å². The zero-order chi connectivity index (χ0) is 17.4. The highest BCUT2D eigenvalue weighted by atomic mass is 127. The van der Waals surface area contributed by atoms with E-state index in [4.69, 9.17) is 15.2 Å². The molecule has 4 N–H and O–H groups in total. The van der Waals surface area contributed by atoms with E-state index in [1.165, 1.54) is 0 Å². The van der Waals surface area contributed by atoms with Crippen LogP contribution in [0.4, 0.5) is 11.4 Å². The molecule has 8 heteroatoms. The minimum absolute atomic E-state index is 0. The molecule has 0 saturated carbocycles. The lowest BCUT2D eigenvalue weighted by atomic mass is 10.3. The lowest BCUT2D eigenvalue weighted by Gasteiger charge is -2.11. The van der Waals surface area contributed by atoms with E-state index in [0.717, 1.165) is 0 Å². The number of hydrogen-bond acceptors (Lipinski definition) is 4. The van der Waals surface area contributed by atoms with Crippen molar-refractivity contribution in [2.24, 2.45) is 10.7 Å². The van der Waals surface area contributed by atoms with E-state index >= 15 is 0 Å². The van der Waals surface area contributed by atoms with Crippen molar-refractivity contribution in [2.45, 2.75) is 0 Å². The van der Waals surface area contributed by atoms with E-state index < -0.39 is 0 Å². The highest BCUT2D eigenvalue weighted by Crippen LogP contribution is 2.29. The van der Waals surface area contributed by atoms with Crippen LogP contribution in [-0.4, -0.2) is 32.6 Å². The molecule has 2 aromatic rings. The van der Waals surface area contributed by atoms with Crippen LogP contribution in [0.2, 0.25) is 0 Å². The zero-order valence-electron chi connectivity index (χ0n) is 14.0. The van der Waals surface area contributed by atoms with Gasteiger partial charge in [0.1, 0.15) is 6.54 Å². The number of benzene rings is 2. The maximum atomic E-state index is 11.8. The van der Waals surface area contributed by atoms with Crippen molar-refractivity contribution in [2.75, 3.05) is 31.4 Å². The molecule has 2 aromatic carbocycles. The average Bonchev–Trinajstić information content (AvgIpc) is 2.60. The second kappa shape index (κ2) is 10.4. The second-order valence-electron chi connectivity index (χ2n) is 4.81. The number of carbonyl (C=O) groups excluding carboxylic acids is 1. The molecule has 0 bridgehead atoms. The molecule has 0 atom stereocenters. The number of guanidine groups is 1. The molecule has 0 aromatic heterocycles. The SMILES string of the molecule is COc1ccc(NC(N)=NCC(=O)Nc2ccccc2)cc1OC.I. The highest BCUT2D eigenvalue weighted by Gasteiger charge is 2.06. The van der Waals surface area contributed by atoms with Crippen LogP contribution in [-0.2, 0) is 4.79 Å². The van der Waals surface area contributed by atoms with Gasteiger partial charge in [-0.1, -0.05) is 18.2 Å². The molecule has 0 heterocycles. The maximum absolute atomic E-state index is 11.8. The minimum Gasteiger partial charge on any atom is -0.493 e. The molecule has 2 rings (SSSR count). The van der Waals surface area contributed by atoms with Crippen LogP contribution in [0.25, 0.3) is 0 Å². The molecule has 0 aliphatic heterocycles. The first-order valence-corrected chi connectivity index (χ1v) is 7.26. The Bertz CT molecular complexity index is 723. The van der Waals surface area contributed by atoms with Gasteiger partial charge in [-0.3, -0.25) is 4.79 Å². The summed E-state index contributed by atoms with van der Waals surface area (Å²) >= 11 is 0. The van der Waals surface area contributed by atoms with Crippen LogP contribution < -0.4 is 25.8 Å². The summed E-state index contributed by atoms with van der Waals surface area (Å²) in [4.78, 5) is 15.8. The summed E-state index contributed by atoms with van der Waals surface area (Å²) in [7, 11) is 3.11. The molecule has 0 spiro atoms. The summed E-state index contributed by atoms with van der Waals surface area (Å²) in [5.41, 5.74) is 7.19. The van der Waals surface area contributed by atoms with Crippen LogP contribution in [0.3, 0.4) is 0 Å². The van der Waals surface area contributed by atoms with E-state index in [1.54, 1.807) is 44.6 Å². The molecule has 7 nitrogen and oxygen atoms in total. The second-order valence-corrected chi connectivity index (χ2v) is 4.81. The number of carbonyl (C=O) groups is 1. The van der Waals surface area contributed by atoms with E-state index in [9.17, 15) is 4.79 Å². The zero-order valence-corrected chi connectivity index (χ0v) is 16.3. The number of methoxy groups -OCH3 is 2. The maximum Gasteiger partial charge on any atom is 0.246 e. The fourth-order valence-electron chi connectivity index (χ4n) is 1.98. The molecule has 0 aliphatic carbocycles. The number of anilines is 2. The van der Waals surface area contributed by atoms with E-state index in [2.05, 4.69) is 15.6 Å². The summed E-state index contributed by atoms with van der Waals surface area (Å²) in [5, 5.41) is 5.63. The van der Waals surface area contributed by atoms with Gasteiger partial charge >= 0.3 is 0 Å². The Labute approximate surface area is 163 Å². The Kier molecular flexibility index (Phi) is 8.54. The van der Waals surface area contributed by atoms with Crippen LogP contribution in [0.1, 0.15) is 0 Å². The molecule has 25 heavy (non-hydrogen) atoms. The Morgan fingerprint density at radius 2 is 1.68 bits per heavy atom. The van der Waals surface area contributed by atoms with Crippen LogP contribution >= 0.6 is 24.0 Å². The number of rotatable bonds is 6. The van der Waals surface area contributed by atoms with Crippen LogP contribution in [0.15, 0.2) is 53.5 Å². The molecule has 0 unspecified atom stereocenters. The van der Waals surface area contributed by atoms with E-state index in [0.29, 0.717) is 22.9 Å². The molecule has 0 aliphatic rings. The van der Waals surface area contributed by atoms with Gasteiger partial charge in [0, 0.05) is 17.4 Å². The third-order valence-electron chi connectivity index (χ3n) is 3.11. The van der Waals surface area contributed by atoms with Gasteiger partial charge in [-0.2, -0.15) is 0 Å². The topological polar surface area (TPSA) is 98.0 Å². The quantitative estimate of drug-likeness (QED) is 0.353. The number of para-hydroxylation sites is 1. The van der Waals surface area contributed by atoms with Gasteiger partial charge in [0.15, 0.2) is 17.5 Å². The number of amides is 1. The number of nitrogens with one attached hydrogen (secondary N) is 2. The average molecular weight is 456 g/mol. The first-order chi connectivity index (χ1) is 11.6. The van der Waals surface area contributed by atoms with Gasteiger partial charge in [-0.05, 0) is 24.3 Å². The Morgan fingerprint density at radius 3 is 2.32 bits per heavy atom. The molecule has 1 amide bonds. The standard InChI is InChI=1S/C17H20N4O3.HI/c1-23-14-9-8-13(10-15(14)24-2)21-17(18)19-11-16(22)20-12-6-4-3-5-7-12;/h3-10H,11H2,1-2H3,(H,20,22)(H3,18,19,21);1H. The van der Waals surface area contributed by atoms with Crippen molar-refractivity contribution < 1.29 is 14.3 Å². The third-order valence-corrected chi connectivity index (χ3v) is 3.11. The van der Waals surface area contributed by atoms with E-state index in [-0.39, 0.29) is 42.4 Å². The Hall–Kier alpha value is -2.49. The van der Waals surface area contributed by atoms with Crippen LogP contribution in [0.5, 0.6) is 11.5 Å². The Morgan fingerprint density at radius 1 is 1.00 bits per heavy atom. The summed E-state index contributed by atoms with van der Waals surface area (Å²) in [6.07, 6.45) is 0. The van der Waals surface area contributed by atoms with Gasteiger partial charge in [0.25, 0.3) is 0 Å². The minimum atomic E-state index is -0.252. The lowest BCUT2D eigenvalue weighted by molar-refractivity contribution is -0.114. The van der Waals surface area contributed by atoms with Crippen molar-refractivity contribution >= 4 is 47.2 Å². The first-order valence-electron chi connectivity index (χ1n) is 7.26. The fraction of sp³-hybridized carbons (Fsp3) is 0.176. The first kappa shape index (κ1) is 20.6. The molecular weight excluding hydrogens is 435 g/mol. The predicted molar refractivity (Wildman–Crippen MR) is 110 cm³/mol. The van der Waals surface area contributed by atoms with Gasteiger partial charge in [-0.15, -0.1) is 24.0 Å². The Balaban J connectivity index is 0.00000312. The summed E-state index contributed by atoms with van der Waals surface area (Å²) in [6, 6.07) is 14.4. The monoisotopic (exact) mass is 456 g/mol. The molecule has 0 saturated heterocycles. The number of nitrogens with zero attached hydrogens (tertiary/aromatic N) is 1. The molecule has 0 radical (unpaired) electrons. The third kappa shape index (κ3) is 6.49. The van der Waals surface area contributed by atoms with Crippen molar-refractivity contribution in [3.05, 3.63) is 48.5 Å². The van der Waals surface area contributed by atoms with Gasteiger partial charge in [-0.25, -0.2) is 4.99 Å². The van der Waals surface area contributed by atoms with Crippen molar-refractivity contribution in [3.8, 4) is 11.5 Å². The van der Waals surface area contributed by atoms with Crippen molar-refractivity contribution in [3.63, 3.8) is 0 Å². The summed E-state index contributed by atoms with van der Waals surface area (Å²) in [6.45, 7) is -0.0823. The fourth-order valence-corrected chi connectivity index (χ4v) is 1.98. The number of hydrogen-bond donors (Lipinski definition) is 3. The van der Waals surface area contributed by atoms with Crippen molar-refractivity contribution in [1.29, 1.82) is 0 Å². The smallest absolute Gasteiger partial charge is 0.246 e. The van der Waals surface area contributed by atoms with Gasteiger partial charge in [0.05, 0.1) is 14.2 Å². The van der Waals surface area contributed by atoms with Crippen LogP contribution in [0, 0.1) is 0 Å². The normalized spacial score (nSPS) is 10.4. The molecule has 0 fully saturated rings. The number of aliphatic imine (C=N–C) groups is 1.